The molecule has 18 heavy (non-hydrogen) atoms. The molecule has 0 saturated carbocycles. The first-order valence-electron chi connectivity index (χ1n) is 4.88. The molecule has 0 amide bonds. The van der Waals surface area contributed by atoms with E-state index in [1.165, 1.54) is 0 Å². The minimum Gasteiger partial charge on any atom is -0.523 e. The molecule has 2 aromatic rings. The molecule has 2 rings (SSSR count). The Kier molecular flexibility index (Phi) is 13.7. The van der Waals surface area contributed by atoms with Gasteiger partial charge in [0.2, 0.25) is 0 Å². The van der Waals surface area contributed by atoms with Crippen LogP contribution in [0.25, 0.3) is 0 Å². The summed E-state index contributed by atoms with van der Waals surface area (Å²) in [6, 6.07) is 20.8. The predicted octanol–water partition coefficient (Wildman–Crippen LogP) is 2.61. The molecule has 2 nitrogen and oxygen atoms in total. The molecule has 0 fully saturated rings. The zero-order valence-corrected chi connectivity index (χ0v) is 11.7. The van der Waals surface area contributed by atoms with Gasteiger partial charge in [0.15, 0.2) is 0 Å². The van der Waals surface area contributed by atoms with Crippen molar-refractivity contribution in [2.45, 2.75) is 0 Å². The van der Waals surface area contributed by atoms with Crippen LogP contribution >= 0.6 is 0 Å². The maximum atomic E-state index is 4.86. The van der Waals surface area contributed by atoms with Gasteiger partial charge in [-0.3, -0.25) is 0 Å². The molecule has 0 N–H and O–H groups in total. The third-order valence-corrected chi connectivity index (χ3v) is 1.80. The Hall–Kier alpha value is -0.843. The van der Waals surface area contributed by atoms with Crippen molar-refractivity contribution >= 4 is 18.9 Å². The Morgan fingerprint density at radius 3 is 1.33 bits per heavy atom. The third kappa shape index (κ3) is 8.28. The number of hydrogen-bond acceptors (Lipinski definition) is 2. The molecule has 0 bridgehead atoms. The normalized spacial score (nSPS) is 7.67. The molecule has 0 unspecified atom stereocenters. The summed E-state index contributed by atoms with van der Waals surface area (Å²) >= 11 is 0. The number of para-hydroxylation sites is 2. The topological polar surface area (TPSA) is 18.5 Å². The van der Waals surface area contributed by atoms with Gasteiger partial charge in [-0.05, 0) is 0 Å². The van der Waals surface area contributed by atoms with Gasteiger partial charge >= 0.3 is 17.1 Å². The van der Waals surface area contributed by atoms with Gasteiger partial charge < -0.3 is 9.47 Å². The fourth-order valence-electron chi connectivity index (χ4n) is 1.01. The van der Waals surface area contributed by atoms with E-state index in [-0.39, 0.29) is 35.9 Å². The van der Waals surface area contributed by atoms with Crippen molar-refractivity contribution in [1.82, 2.24) is 0 Å². The van der Waals surface area contributed by atoms with Crippen LogP contribution in [0.2, 0.25) is 0 Å². The summed E-state index contributed by atoms with van der Waals surface area (Å²) in [7, 11) is 3.26. The second-order valence-corrected chi connectivity index (χ2v) is 2.86. The van der Waals surface area contributed by atoms with Crippen molar-refractivity contribution in [3.63, 3.8) is 0 Å². The van der Waals surface area contributed by atoms with Gasteiger partial charge in [0, 0.05) is 30.4 Å². The summed E-state index contributed by atoms with van der Waals surface area (Å²) in [5.41, 5.74) is 0. The number of ether oxygens (including phenoxy) is 2. The molecule has 2 radical (unpaired) electrons. The molecular weight excluding hydrogens is 271 g/mol. The molecular formula is C14H14CuLiO2. The average molecular weight is 285 g/mol. The van der Waals surface area contributed by atoms with Crippen LogP contribution < -0.4 is 9.47 Å². The molecule has 0 heterocycles. The van der Waals surface area contributed by atoms with E-state index in [1.807, 2.05) is 48.5 Å². The largest absolute Gasteiger partial charge is 2.00 e. The van der Waals surface area contributed by atoms with Crippen LogP contribution in [0.15, 0.2) is 48.5 Å². The maximum absolute atomic E-state index is 4.86. The zero-order valence-electron chi connectivity index (χ0n) is 10.7. The smallest absolute Gasteiger partial charge is 0.523 e. The molecule has 94 valence electrons. The minimum atomic E-state index is 0. The quantitative estimate of drug-likeness (QED) is 0.623. The Morgan fingerprint density at radius 1 is 0.778 bits per heavy atom. The van der Waals surface area contributed by atoms with E-state index >= 15 is 0 Å². The fraction of sp³-hybridized carbons (Fsp3) is 0.143. The second-order valence-electron chi connectivity index (χ2n) is 2.86. The number of rotatable bonds is 2. The van der Waals surface area contributed by atoms with Crippen molar-refractivity contribution in [3.8, 4) is 11.5 Å². The monoisotopic (exact) mass is 284 g/mol. The summed E-state index contributed by atoms with van der Waals surface area (Å²) in [6.07, 6.45) is 0. The van der Waals surface area contributed by atoms with Crippen molar-refractivity contribution in [1.29, 1.82) is 0 Å². The summed E-state index contributed by atoms with van der Waals surface area (Å²) < 4.78 is 9.72. The first kappa shape index (κ1) is 19.5. The number of methoxy groups -OCH3 is 2. The summed E-state index contributed by atoms with van der Waals surface area (Å²) in [4.78, 5) is 0. The molecule has 0 aromatic heterocycles. The van der Waals surface area contributed by atoms with E-state index in [1.54, 1.807) is 14.2 Å². The van der Waals surface area contributed by atoms with E-state index in [4.69, 9.17) is 9.47 Å². The second kappa shape index (κ2) is 12.6. The Balaban J connectivity index is 0. The molecule has 0 aliphatic carbocycles. The summed E-state index contributed by atoms with van der Waals surface area (Å²) in [6.45, 7) is 0. The van der Waals surface area contributed by atoms with Crippen LogP contribution in [-0.2, 0) is 17.1 Å². The van der Waals surface area contributed by atoms with Gasteiger partial charge in [-0.1, -0.05) is 0 Å². The van der Waals surface area contributed by atoms with Gasteiger partial charge in [0.1, 0.15) is 0 Å². The van der Waals surface area contributed by atoms with Crippen LogP contribution in [0, 0.1) is 12.1 Å². The molecule has 2 aromatic carbocycles. The molecule has 0 atom stereocenters. The Labute approximate surface area is 131 Å². The Morgan fingerprint density at radius 2 is 1.17 bits per heavy atom. The van der Waals surface area contributed by atoms with Crippen LogP contribution in [0.1, 0.15) is 0 Å². The third-order valence-electron chi connectivity index (χ3n) is 1.80. The molecule has 0 spiro atoms. The van der Waals surface area contributed by atoms with Crippen LogP contribution in [0.4, 0.5) is 0 Å². The van der Waals surface area contributed by atoms with E-state index in [9.17, 15) is 0 Å². The van der Waals surface area contributed by atoms with Gasteiger partial charge in [0.25, 0.3) is 0 Å². The minimum absolute atomic E-state index is 0. The van der Waals surface area contributed by atoms with Crippen molar-refractivity contribution < 1.29 is 26.5 Å². The van der Waals surface area contributed by atoms with E-state index in [0.29, 0.717) is 0 Å². The van der Waals surface area contributed by atoms with Crippen molar-refractivity contribution in [2.75, 3.05) is 14.2 Å². The summed E-state index contributed by atoms with van der Waals surface area (Å²) in [5, 5.41) is 0. The zero-order chi connectivity index (χ0) is 11.6. The van der Waals surface area contributed by atoms with Crippen molar-refractivity contribution in [3.05, 3.63) is 60.7 Å². The maximum Gasteiger partial charge on any atom is 2.00 e. The van der Waals surface area contributed by atoms with Gasteiger partial charge in [-0.2, -0.15) is 36.4 Å². The number of hydrogen-bond donors (Lipinski definition) is 0. The van der Waals surface area contributed by atoms with E-state index < -0.39 is 0 Å². The van der Waals surface area contributed by atoms with Crippen LogP contribution in [0.3, 0.4) is 0 Å². The molecule has 4 heteroatoms. The van der Waals surface area contributed by atoms with Crippen LogP contribution in [-0.4, -0.2) is 33.1 Å². The first-order chi connectivity index (χ1) is 7.86. The standard InChI is InChI=1S/2C7H7O.Cu.Li/c2*1-8-7-5-3-2-4-6-7;;/h2*2-5H,1H3;;/q2*-1;+2;. The van der Waals surface area contributed by atoms with E-state index in [0.717, 1.165) is 11.5 Å². The molecule has 0 aliphatic heterocycles. The fourth-order valence-corrected chi connectivity index (χ4v) is 1.01. The van der Waals surface area contributed by atoms with Gasteiger partial charge in [0.05, 0.1) is 14.2 Å². The van der Waals surface area contributed by atoms with Crippen LogP contribution in [0.5, 0.6) is 11.5 Å². The predicted molar refractivity (Wildman–Crippen MR) is 69.4 cm³/mol. The van der Waals surface area contributed by atoms with Crippen molar-refractivity contribution in [2.24, 2.45) is 0 Å². The van der Waals surface area contributed by atoms with Gasteiger partial charge in [-0.15, -0.1) is 24.3 Å². The molecule has 0 aliphatic rings. The average Bonchev–Trinajstić information content (AvgIpc) is 2.41. The first-order valence-corrected chi connectivity index (χ1v) is 4.88. The number of benzene rings is 2. The summed E-state index contributed by atoms with van der Waals surface area (Å²) in [5.74, 6) is 1.57. The SMILES string of the molecule is COc1[c-]cccc1.COc1[c-]cccc1.[Cu+2].[Li]. The van der Waals surface area contributed by atoms with Gasteiger partial charge in [-0.25, -0.2) is 0 Å². The molecule has 0 saturated heterocycles. The Bertz CT molecular complexity index is 342. The van der Waals surface area contributed by atoms with E-state index in [2.05, 4.69) is 12.1 Å².